The van der Waals surface area contributed by atoms with Crippen LogP contribution < -0.4 is 16.0 Å². The molecule has 0 bridgehead atoms. The maximum atomic E-state index is 13.1. The number of rotatable bonds is 22. The van der Waals surface area contributed by atoms with Gasteiger partial charge in [-0.25, -0.2) is 4.79 Å². The van der Waals surface area contributed by atoms with Crippen molar-refractivity contribution in [3.8, 4) is 0 Å². The number of carbonyl (C=O) groups is 7. The van der Waals surface area contributed by atoms with Gasteiger partial charge in [-0.1, -0.05) is 6.92 Å². The Kier molecular flexibility index (Phi) is 16.8. The van der Waals surface area contributed by atoms with Gasteiger partial charge >= 0.3 is 23.9 Å². The number of carboxylic acid groups (broad SMARTS) is 4. The summed E-state index contributed by atoms with van der Waals surface area (Å²) in [5.41, 5.74) is -0.967. The molecule has 0 heterocycles. The van der Waals surface area contributed by atoms with Gasteiger partial charge in [0.15, 0.2) is 0 Å². The van der Waals surface area contributed by atoms with E-state index < -0.39 is 97.4 Å². The van der Waals surface area contributed by atoms with E-state index in [1.807, 2.05) is 6.92 Å². The van der Waals surface area contributed by atoms with Crippen molar-refractivity contribution in [2.45, 2.75) is 89.4 Å². The number of carboxylic acids is 4. The highest BCUT2D eigenvalue weighted by molar-refractivity contribution is 5.94. The Morgan fingerprint density at radius 1 is 0.683 bits per heavy atom. The highest BCUT2D eigenvalue weighted by Gasteiger charge is 2.32. The average Bonchev–Trinajstić information content (AvgIpc) is 2.84. The minimum absolute atomic E-state index is 0.0372. The van der Waals surface area contributed by atoms with E-state index in [9.17, 15) is 38.7 Å². The van der Waals surface area contributed by atoms with Crippen LogP contribution in [-0.2, 0) is 43.0 Å². The Balaban J connectivity index is 5.64. The fourth-order valence-electron chi connectivity index (χ4n) is 3.53. The first kappa shape index (κ1) is 37.2. The minimum Gasteiger partial charge on any atom is -0.481 e. The van der Waals surface area contributed by atoms with Crippen LogP contribution in [0.2, 0.25) is 0 Å². The Hall–Kier alpha value is -3.79. The maximum absolute atomic E-state index is 13.1. The maximum Gasteiger partial charge on any atom is 0.326 e. The third-order valence-electron chi connectivity index (χ3n) is 5.64. The molecule has 234 valence electrons. The topological polar surface area (TPSA) is 255 Å². The van der Waals surface area contributed by atoms with Gasteiger partial charge in [-0.05, 0) is 33.1 Å². The lowest BCUT2D eigenvalue weighted by molar-refractivity contribution is -0.144. The molecule has 0 saturated carbocycles. The lowest BCUT2D eigenvalue weighted by Crippen LogP contribution is -2.56. The Labute approximate surface area is 237 Å². The molecule has 0 fully saturated rings. The second kappa shape index (κ2) is 18.5. The largest absolute Gasteiger partial charge is 0.481 e. The molecule has 4 unspecified atom stereocenters. The fraction of sp³-hybridized carbons (Fsp3) is 0.720. The van der Waals surface area contributed by atoms with Crippen molar-refractivity contribution in [3.05, 3.63) is 0 Å². The third kappa shape index (κ3) is 17.5. The molecule has 16 heteroatoms. The molecule has 0 aromatic carbocycles. The molecule has 0 aliphatic carbocycles. The molecule has 3 amide bonds. The van der Waals surface area contributed by atoms with Crippen molar-refractivity contribution in [2.24, 2.45) is 5.92 Å². The van der Waals surface area contributed by atoms with Crippen LogP contribution in [0.1, 0.15) is 65.7 Å². The van der Waals surface area contributed by atoms with E-state index in [1.54, 1.807) is 13.8 Å². The van der Waals surface area contributed by atoms with Crippen molar-refractivity contribution in [1.82, 2.24) is 16.0 Å². The second-order valence-corrected chi connectivity index (χ2v) is 10.2. The smallest absolute Gasteiger partial charge is 0.326 e. The minimum atomic E-state index is -1.64. The number of carbonyl (C=O) groups excluding carboxylic acids is 3. The molecule has 0 radical (unpaired) electrons. The Bertz CT molecular complexity index is 938. The number of hydrogen-bond acceptors (Lipinski definition) is 9. The van der Waals surface area contributed by atoms with Crippen molar-refractivity contribution in [3.63, 3.8) is 0 Å². The zero-order valence-electron chi connectivity index (χ0n) is 23.6. The molecule has 41 heavy (non-hydrogen) atoms. The molecule has 0 rings (SSSR count). The zero-order chi connectivity index (χ0) is 31.8. The van der Waals surface area contributed by atoms with E-state index in [4.69, 9.17) is 24.8 Å². The van der Waals surface area contributed by atoms with Gasteiger partial charge in [-0.3, -0.25) is 28.8 Å². The van der Waals surface area contributed by atoms with Crippen LogP contribution in [-0.4, -0.2) is 106 Å². The molecule has 7 N–H and O–H groups in total. The Morgan fingerprint density at radius 2 is 1.10 bits per heavy atom. The van der Waals surface area contributed by atoms with E-state index >= 15 is 0 Å². The molecule has 0 spiro atoms. The van der Waals surface area contributed by atoms with Gasteiger partial charge in [0, 0.05) is 32.3 Å². The molecule has 0 saturated heterocycles. The van der Waals surface area contributed by atoms with E-state index in [2.05, 4.69) is 16.0 Å². The van der Waals surface area contributed by atoms with Crippen LogP contribution >= 0.6 is 0 Å². The molecular formula is C25H41N3O13. The highest BCUT2D eigenvalue weighted by atomic mass is 16.5. The van der Waals surface area contributed by atoms with Gasteiger partial charge in [0.2, 0.25) is 17.7 Å². The van der Waals surface area contributed by atoms with Crippen LogP contribution in [0.4, 0.5) is 0 Å². The quantitative estimate of drug-likeness (QED) is 0.0846. The average molecular weight is 592 g/mol. The van der Waals surface area contributed by atoms with Gasteiger partial charge in [0.05, 0.1) is 25.2 Å². The molecule has 16 nitrogen and oxygen atoms in total. The van der Waals surface area contributed by atoms with Gasteiger partial charge < -0.3 is 45.9 Å². The van der Waals surface area contributed by atoms with E-state index in [0.29, 0.717) is 6.61 Å². The molecule has 0 aromatic rings. The lowest BCUT2D eigenvalue weighted by Gasteiger charge is -2.28. The highest BCUT2D eigenvalue weighted by Crippen LogP contribution is 2.17. The number of methoxy groups -OCH3 is 1. The fourth-order valence-corrected chi connectivity index (χ4v) is 3.53. The summed E-state index contributed by atoms with van der Waals surface area (Å²) in [6, 6.07) is -4.67. The summed E-state index contributed by atoms with van der Waals surface area (Å²) in [5, 5.41) is 43.0. The molecule has 0 aromatic heterocycles. The summed E-state index contributed by atoms with van der Waals surface area (Å²) in [6.07, 6.45) is -3.26. The van der Waals surface area contributed by atoms with Crippen molar-refractivity contribution in [1.29, 1.82) is 0 Å². The normalized spacial score (nSPS) is 14.1. The van der Waals surface area contributed by atoms with Crippen LogP contribution in [0.25, 0.3) is 0 Å². The van der Waals surface area contributed by atoms with Gasteiger partial charge in [0.25, 0.3) is 0 Å². The first-order valence-electron chi connectivity index (χ1n) is 12.9. The number of amides is 3. The first-order valence-corrected chi connectivity index (χ1v) is 12.9. The predicted octanol–water partition coefficient (Wildman–Crippen LogP) is -0.412. The predicted molar refractivity (Wildman–Crippen MR) is 140 cm³/mol. The standard InChI is InChI=1S/C25H41N3O13/c1-14(12-40-4)13-41-25(2,3)11-18(29)26-15(5-8-19(30)31)22(36)27-16(6-9-20(32)33)23(37)28-17(24(38)39)7-10-21(34)35/h14-17H,5-13H2,1-4H3,(H,26,29)(H,27,36)(H,28,37)(H,30,31)(H,32,33)(H,34,35)(H,38,39). The van der Waals surface area contributed by atoms with Crippen LogP contribution in [0.5, 0.6) is 0 Å². The lowest BCUT2D eigenvalue weighted by atomic mass is 10.0. The summed E-state index contributed by atoms with van der Waals surface area (Å²) in [5.74, 6) is -8.17. The molecule has 0 aliphatic heterocycles. The zero-order valence-corrected chi connectivity index (χ0v) is 23.6. The molecular weight excluding hydrogens is 550 g/mol. The Morgan fingerprint density at radius 3 is 1.51 bits per heavy atom. The summed E-state index contributed by atoms with van der Waals surface area (Å²) >= 11 is 0. The van der Waals surface area contributed by atoms with Crippen LogP contribution in [0, 0.1) is 5.92 Å². The number of aliphatic carboxylic acids is 4. The van der Waals surface area contributed by atoms with E-state index in [-0.39, 0.29) is 25.4 Å². The van der Waals surface area contributed by atoms with Crippen LogP contribution in [0.15, 0.2) is 0 Å². The first-order chi connectivity index (χ1) is 19.0. The van der Waals surface area contributed by atoms with Crippen molar-refractivity contribution >= 4 is 41.6 Å². The van der Waals surface area contributed by atoms with E-state index in [1.165, 1.54) is 7.11 Å². The van der Waals surface area contributed by atoms with Crippen molar-refractivity contribution < 1.29 is 63.5 Å². The third-order valence-corrected chi connectivity index (χ3v) is 5.64. The summed E-state index contributed by atoms with van der Waals surface area (Å²) < 4.78 is 10.8. The number of nitrogens with one attached hydrogen (secondary N) is 3. The van der Waals surface area contributed by atoms with Crippen molar-refractivity contribution in [2.75, 3.05) is 20.3 Å². The molecule has 4 atom stereocenters. The van der Waals surface area contributed by atoms with E-state index in [0.717, 1.165) is 0 Å². The summed E-state index contributed by atoms with van der Waals surface area (Å²) in [4.78, 5) is 83.1. The van der Waals surface area contributed by atoms with Gasteiger partial charge in [-0.2, -0.15) is 0 Å². The monoisotopic (exact) mass is 591 g/mol. The van der Waals surface area contributed by atoms with Crippen LogP contribution in [0.3, 0.4) is 0 Å². The molecule has 0 aliphatic rings. The summed E-state index contributed by atoms with van der Waals surface area (Å²) in [6.45, 7) is 5.89. The number of hydrogen-bond donors (Lipinski definition) is 7. The number of ether oxygens (including phenoxy) is 2. The second-order valence-electron chi connectivity index (χ2n) is 10.2. The van der Waals surface area contributed by atoms with Gasteiger partial charge in [0.1, 0.15) is 18.1 Å². The SMILES string of the molecule is COCC(C)COC(C)(C)CC(=O)NC(CCC(=O)O)C(=O)NC(CCC(=O)O)C(=O)NC(CCC(=O)O)C(=O)O. The summed E-state index contributed by atoms with van der Waals surface area (Å²) in [7, 11) is 1.54. The van der Waals surface area contributed by atoms with Gasteiger partial charge in [-0.15, -0.1) is 0 Å².